The van der Waals surface area contributed by atoms with Gasteiger partial charge in [0, 0.05) is 10.5 Å². The fourth-order valence-electron chi connectivity index (χ4n) is 2.39. The van der Waals surface area contributed by atoms with E-state index in [1.165, 1.54) is 5.56 Å². The van der Waals surface area contributed by atoms with Gasteiger partial charge in [0.1, 0.15) is 13.2 Å². The van der Waals surface area contributed by atoms with E-state index in [0.717, 1.165) is 28.9 Å². The van der Waals surface area contributed by atoms with Crippen LogP contribution in [0.1, 0.15) is 38.8 Å². The van der Waals surface area contributed by atoms with Crippen molar-refractivity contribution in [2.45, 2.75) is 33.2 Å². The standard InChI is InChI=1S/C15H22BrNO2/c1-4-10(3)15(17-5-2)11-8-13-14(9-12(11)16)19-7-6-18-13/h8-10,15,17H,4-7H2,1-3H3. The van der Waals surface area contributed by atoms with Crippen LogP contribution in [0.5, 0.6) is 11.5 Å². The van der Waals surface area contributed by atoms with Gasteiger partial charge >= 0.3 is 0 Å². The van der Waals surface area contributed by atoms with Crippen molar-refractivity contribution in [3.05, 3.63) is 22.2 Å². The van der Waals surface area contributed by atoms with Gasteiger partial charge in [-0.3, -0.25) is 0 Å². The summed E-state index contributed by atoms with van der Waals surface area (Å²) in [5, 5.41) is 3.57. The lowest BCUT2D eigenvalue weighted by atomic mass is 9.92. The molecule has 4 heteroatoms. The molecule has 3 nitrogen and oxygen atoms in total. The molecular weight excluding hydrogens is 306 g/mol. The molecule has 0 aliphatic carbocycles. The molecule has 106 valence electrons. The fraction of sp³-hybridized carbons (Fsp3) is 0.600. The zero-order valence-electron chi connectivity index (χ0n) is 11.8. The molecule has 1 aliphatic rings. The minimum absolute atomic E-state index is 0.334. The summed E-state index contributed by atoms with van der Waals surface area (Å²) in [5.74, 6) is 2.26. The van der Waals surface area contributed by atoms with Gasteiger partial charge in [0.2, 0.25) is 0 Å². The Bertz CT molecular complexity index is 436. The third-order valence-electron chi connectivity index (χ3n) is 3.63. The highest BCUT2D eigenvalue weighted by molar-refractivity contribution is 9.10. The molecule has 1 N–H and O–H groups in total. The van der Waals surface area contributed by atoms with Crippen LogP contribution in [-0.4, -0.2) is 19.8 Å². The lowest BCUT2D eigenvalue weighted by Gasteiger charge is -2.27. The average Bonchev–Trinajstić information content (AvgIpc) is 2.43. The van der Waals surface area contributed by atoms with Crippen LogP contribution in [0.4, 0.5) is 0 Å². The molecule has 0 saturated carbocycles. The van der Waals surface area contributed by atoms with Gasteiger partial charge in [-0.05, 0) is 30.2 Å². The number of halogens is 1. The Morgan fingerprint density at radius 3 is 2.42 bits per heavy atom. The van der Waals surface area contributed by atoms with Crippen LogP contribution >= 0.6 is 15.9 Å². The molecule has 1 heterocycles. The van der Waals surface area contributed by atoms with Crippen molar-refractivity contribution in [3.8, 4) is 11.5 Å². The maximum Gasteiger partial charge on any atom is 0.162 e. The lowest BCUT2D eigenvalue weighted by molar-refractivity contribution is 0.171. The molecule has 0 bridgehead atoms. The quantitative estimate of drug-likeness (QED) is 0.889. The maximum absolute atomic E-state index is 5.69. The van der Waals surface area contributed by atoms with Crippen LogP contribution < -0.4 is 14.8 Å². The first-order valence-corrected chi connectivity index (χ1v) is 7.79. The summed E-state index contributed by atoms with van der Waals surface area (Å²) in [6.45, 7) is 8.85. The summed E-state index contributed by atoms with van der Waals surface area (Å²) in [6, 6.07) is 4.47. The summed E-state index contributed by atoms with van der Waals surface area (Å²) in [5.41, 5.74) is 1.25. The molecule has 2 rings (SSSR count). The Labute approximate surface area is 123 Å². The summed E-state index contributed by atoms with van der Waals surface area (Å²) < 4.78 is 12.4. The van der Waals surface area contributed by atoms with E-state index in [1.807, 2.05) is 6.07 Å². The van der Waals surface area contributed by atoms with Crippen molar-refractivity contribution in [3.63, 3.8) is 0 Å². The third kappa shape index (κ3) is 3.23. The van der Waals surface area contributed by atoms with Gasteiger partial charge in [-0.2, -0.15) is 0 Å². The Morgan fingerprint density at radius 1 is 1.21 bits per heavy atom. The second kappa shape index (κ2) is 6.62. The summed E-state index contributed by atoms with van der Waals surface area (Å²) in [6.07, 6.45) is 1.14. The highest BCUT2D eigenvalue weighted by Crippen LogP contribution is 2.39. The molecule has 0 spiro atoms. The molecule has 0 amide bonds. The predicted octanol–water partition coefficient (Wildman–Crippen LogP) is 3.92. The van der Waals surface area contributed by atoms with Gasteiger partial charge in [0.05, 0.1) is 0 Å². The first-order valence-electron chi connectivity index (χ1n) is 6.99. The Morgan fingerprint density at radius 2 is 1.84 bits per heavy atom. The molecule has 1 aromatic rings. The van der Waals surface area contributed by atoms with E-state index >= 15 is 0 Å². The smallest absolute Gasteiger partial charge is 0.162 e. The van der Waals surface area contributed by atoms with Crippen LogP contribution in [0.3, 0.4) is 0 Å². The number of ether oxygens (including phenoxy) is 2. The minimum atomic E-state index is 0.334. The Hall–Kier alpha value is -0.740. The van der Waals surface area contributed by atoms with Gasteiger partial charge < -0.3 is 14.8 Å². The van der Waals surface area contributed by atoms with Crippen molar-refractivity contribution in [1.82, 2.24) is 5.32 Å². The second-order valence-corrected chi connectivity index (χ2v) is 5.79. The first-order chi connectivity index (χ1) is 9.17. The van der Waals surface area contributed by atoms with Gasteiger partial charge in [-0.25, -0.2) is 0 Å². The van der Waals surface area contributed by atoms with Gasteiger partial charge in [-0.15, -0.1) is 0 Å². The molecule has 0 radical (unpaired) electrons. The molecule has 0 saturated heterocycles. The third-order valence-corrected chi connectivity index (χ3v) is 4.32. The molecule has 2 unspecified atom stereocenters. The van der Waals surface area contributed by atoms with Crippen molar-refractivity contribution in [2.24, 2.45) is 5.92 Å². The molecule has 2 atom stereocenters. The Balaban J connectivity index is 2.35. The molecule has 1 aromatic carbocycles. The summed E-state index contributed by atoms with van der Waals surface area (Å²) >= 11 is 3.67. The van der Waals surface area contributed by atoms with Crippen molar-refractivity contribution < 1.29 is 9.47 Å². The molecule has 1 aliphatic heterocycles. The van der Waals surface area contributed by atoms with Crippen molar-refractivity contribution in [2.75, 3.05) is 19.8 Å². The van der Waals surface area contributed by atoms with E-state index in [4.69, 9.17) is 9.47 Å². The highest BCUT2D eigenvalue weighted by atomic mass is 79.9. The SMILES string of the molecule is CCNC(c1cc2c(cc1Br)OCCO2)C(C)CC. The second-order valence-electron chi connectivity index (χ2n) is 4.94. The number of hydrogen-bond donors (Lipinski definition) is 1. The monoisotopic (exact) mass is 327 g/mol. The number of nitrogens with one attached hydrogen (secondary N) is 1. The summed E-state index contributed by atoms with van der Waals surface area (Å²) in [7, 11) is 0. The molecule has 0 aromatic heterocycles. The Kier molecular flexibility index (Phi) is 5.11. The van der Waals surface area contributed by atoms with E-state index in [2.05, 4.69) is 48.1 Å². The number of hydrogen-bond acceptors (Lipinski definition) is 3. The van der Waals surface area contributed by atoms with Crippen LogP contribution in [0.25, 0.3) is 0 Å². The predicted molar refractivity (Wildman–Crippen MR) is 81.0 cm³/mol. The minimum Gasteiger partial charge on any atom is -0.486 e. The zero-order chi connectivity index (χ0) is 13.8. The van der Waals surface area contributed by atoms with Gasteiger partial charge in [0.25, 0.3) is 0 Å². The summed E-state index contributed by atoms with van der Waals surface area (Å²) in [4.78, 5) is 0. The molecular formula is C15H22BrNO2. The number of rotatable bonds is 5. The van der Waals surface area contributed by atoms with E-state index in [9.17, 15) is 0 Å². The van der Waals surface area contributed by atoms with Gasteiger partial charge in [-0.1, -0.05) is 43.1 Å². The van der Waals surface area contributed by atoms with E-state index in [-0.39, 0.29) is 0 Å². The van der Waals surface area contributed by atoms with E-state index < -0.39 is 0 Å². The number of benzene rings is 1. The van der Waals surface area contributed by atoms with Crippen LogP contribution in [0, 0.1) is 5.92 Å². The van der Waals surface area contributed by atoms with Crippen LogP contribution in [0.2, 0.25) is 0 Å². The van der Waals surface area contributed by atoms with Crippen molar-refractivity contribution >= 4 is 15.9 Å². The van der Waals surface area contributed by atoms with Crippen molar-refractivity contribution in [1.29, 1.82) is 0 Å². The number of fused-ring (bicyclic) bond motifs is 1. The van der Waals surface area contributed by atoms with E-state index in [1.54, 1.807) is 0 Å². The maximum atomic E-state index is 5.69. The van der Waals surface area contributed by atoms with Crippen LogP contribution in [-0.2, 0) is 0 Å². The topological polar surface area (TPSA) is 30.5 Å². The fourth-order valence-corrected chi connectivity index (χ4v) is 2.96. The van der Waals surface area contributed by atoms with E-state index in [0.29, 0.717) is 25.2 Å². The normalized spacial score (nSPS) is 17.1. The van der Waals surface area contributed by atoms with Gasteiger partial charge in [0.15, 0.2) is 11.5 Å². The molecule has 19 heavy (non-hydrogen) atoms. The van der Waals surface area contributed by atoms with Crippen LogP contribution in [0.15, 0.2) is 16.6 Å². The largest absolute Gasteiger partial charge is 0.486 e. The lowest BCUT2D eigenvalue weighted by Crippen LogP contribution is -2.27. The highest BCUT2D eigenvalue weighted by Gasteiger charge is 2.23. The first kappa shape index (κ1) is 14.7. The molecule has 0 fully saturated rings. The zero-order valence-corrected chi connectivity index (χ0v) is 13.4. The average molecular weight is 328 g/mol.